The molecule has 0 aliphatic heterocycles. The number of anilines is 1. The number of hydrogen-bond donors (Lipinski definition) is 1. The van der Waals surface area contributed by atoms with Crippen molar-refractivity contribution in [2.24, 2.45) is 0 Å². The summed E-state index contributed by atoms with van der Waals surface area (Å²) in [6.45, 7) is 5.02. The standard InChI is InChI=1S/C24H38ClNO5/c1-3-5-7-9-11-13-18-29-23(27)26-20-16-15-17-21(22(20)25)31-24(28)30-19-14-12-10-8-6-4-2/h15-17H,3-14,18-19H2,1-2H3,(H,26,27). The first kappa shape index (κ1) is 27.1. The second kappa shape index (κ2) is 17.7. The Morgan fingerprint density at radius 2 is 1.35 bits per heavy atom. The average Bonchev–Trinajstić information content (AvgIpc) is 2.75. The van der Waals surface area contributed by atoms with Crippen LogP contribution in [0.25, 0.3) is 0 Å². The van der Waals surface area contributed by atoms with Crippen LogP contribution in [0.4, 0.5) is 15.3 Å². The van der Waals surface area contributed by atoms with Crippen molar-refractivity contribution >= 4 is 29.5 Å². The molecule has 0 bridgehead atoms. The number of unbranched alkanes of at least 4 members (excludes halogenated alkanes) is 10. The minimum Gasteiger partial charge on any atom is -0.449 e. The van der Waals surface area contributed by atoms with Gasteiger partial charge in [-0.1, -0.05) is 95.7 Å². The Morgan fingerprint density at radius 1 is 0.806 bits per heavy atom. The van der Waals surface area contributed by atoms with Crippen LogP contribution in [0, 0.1) is 0 Å². The Labute approximate surface area is 192 Å². The lowest BCUT2D eigenvalue weighted by Crippen LogP contribution is -2.15. The van der Waals surface area contributed by atoms with Crippen LogP contribution in [0.5, 0.6) is 5.75 Å². The third kappa shape index (κ3) is 13.1. The topological polar surface area (TPSA) is 73.9 Å². The zero-order valence-corrected chi connectivity index (χ0v) is 19.8. The molecular weight excluding hydrogens is 418 g/mol. The first-order valence-electron chi connectivity index (χ1n) is 11.6. The molecule has 1 aromatic carbocycles. The number of hydrogen-bond acceptors (Lipinski definition) is 5. The molecule has 0 spiro atoms. The van der Waals surface area contributed by atoms with Crippen molar-refractivity contribution in [3.63, 3.8) is 0 Å². The van der Waals surface area contributed by atoms with Gasteiger partial charge in [-0.05, 0) is 25.0 Å². The van der Waals surface area contributed by atoms with Gasteiger partial charge in [0.25, 0.3) is 0 Å². The number of benzene rings is 1. The van der Waals surface area contributed by atoms with E-state index in [4.69, 9.17) is 25.8 Å². The highest BCUT2D eigenvalue weighted by molar-refractivity contribution is 6.35. The normalized spacial score (nSPS) is 10.5. The Kier molecular flexibility index (Phi) is 15.5. The summed E-state index contributed by atoms with van der Waals surface area (Å²) in [5.74, 6) is 0.128. The molecule has 176 valence electrons. The smallest absolute Gasteiger partial charge is 0.449 e. The molecule has 0 radical (unpaired) electrons. The highest BCUT2D eigenvalue weighted by Crippen LogP contribution is 2.32. The van der Waals surface area contributed by atoms with Crippen LogP contribution in [0.1, 0.15) is 90.9 Å². The first-order valence-corrected chi connectivity index (χ1v) is 12.0. The zero-order valence-electron chi connectivity index (χ0n) is 19.1. The van der Waals surface area contributed by atoms with Crippen LogP contribution in [-0.2, 0) is 9.47 Å². The number of ether oxygens (including phenoxy) is 3. The highest BCUT2D eigenvalue weighted by atomic mass is 35.5. The van der Waals surface area contributed by atoms with Gasteiger partial charge in [0, 0.05) is 0 Å². The minimum absolute atomic E-state index is 0.121. The molecule has 0 atom stereocenters. The third-order valence-corrected chi connectivity index (χ3v) is 5.23. The first-order chi connectivity index (χ1) is 15.1. The molecule has 1 aromatic rings. The summed E-state index contributed by atoms with van der Waals surface area (Å²) < 4.78 is 15.5. The molecule has 0 saturated carbocycles. The van der Waals surface area contributed by atoms with Gasteiger partial charge < -0.3 is 14.2 Å². The van der Waals surface area contributed by atoms with E-state index in [9.17, 15) is 9.59 Å². The molecule has 0 aromatic heterocycles. The van der Waals surface area contributed by atoms with Crippen LogP contribution in [0.2, 0.25) is 5.02 Å². The van der Waals surface area contributed by atoms with E-state index < -0.39 is 12.2 Å². The summed E-state index contributed by atoms with van der Waals surface area (Å²) in [5.41, 5.74) is 0.316. The SMILES string of the molecule is CCCCCCCCOC(=O)Nc1cccc(OC(=O)OCCCCCCCC)c1Cl. The number of nitrogens with one attached hydrogen (secondary N) is 1. The summed E-state index contributed by atoms with van der Waals surface area (Å²) in [6, 6.07) is 4.79. The summed E-state index contributed by atoms with van der Waals surface area (Å²) in [5, 5.41) is 2.71. The molecule has 0 aliphatic rings. The van der Waals surface area contributed by atoms with E-state index in [0.29, 0.717) is 18.9 Å². The van der Waals surface area contributed by atoms with E-state index in [1.54, 1.807) is 18.2 Å². The second-order valence-electron chi connectivity index (χ2n) is 7.61. The Hall–Kier alpha value is -1.95. The van der Waals surface area contributed by atoms with Crippen molar-refractivity contribution in [1.82, 2.24) is 0 Å². The van der Waals surface area contributed by atoms with Gasteiger partial charge in [0.2, 0.25) is 0 Å². The molecule has 1 N–H and O–H groups in total. The van der Waals surface area contributed by atoms with E-state index in [-0.39, 0.29) is 10.8 Å². The lowest BCUT2D eigenvalue weighted by molar-refractivity contribution is 0.0973. The van der Waals surface area contributed by atoms with Gasteiger partial charge in [-0.2, -0.15) is 0 Å². The van der Waals surface area contributed by atoms with Crippen LogP contribution in [-0.4, -0.2) is 25.5 Å². The molecule has 7 heteroatoms. The van der Waals surface area contributed by atoms with Gasteiger partial charge in [-0.15, -0.1) is 0 Å². The third-order valence-electron chi connectivity index (χ3n) is 4.84. The van der Waals surface area contributed by atoms with Crippen molar-refractivity contribution in [1.29, 1.82) is 0 Å². The Morgan fingerprint density at radius 3 is 1.97 bits per heavy atom. The van der Waals surface area contributed by atoms with E-state index in [1.807, 2.05) is 0 Å². The van der Waals surface area contributed by atoms with Crippen LogP contribution in [0.15, 0.2) is 18.2 Å². The van der Waals surface area contributed by atoms with E-state index in [0.717, 1.165) is 38.5 Å². The van der Waals surface area contributed by atoms with Gasteiger partial charge in [-0.25, -0.2) is 9.59 Å². The predicted octanol–water partition coefficient (Wildman–Crippen LogP) is 8.12. The summed E-state index contributed by atoms with van der Waals surface area (Å²) >= 11 is 6.26. The van der Waals surface area contributed by atoms with Gasteiger partial charge in [0.1, 0.15) is 5.02 Å². The molecular formula is C24H38ClNO5. The van der Waals surface area contributed by atoms with E-state index >= 15 is 0 Å². The fraction of sp³-hybridized carbons (Fsp3) is 0.667. The molecule has 1 rings (SSSR count). The van der Waals surface area contributed by atoms with Crippen molar-refractivity contribution in [3.8, 4) is 5.75 Å². The number of rotatable bonds is 16. The minimum atomic E-state index is -0.807. The maximum atomic E-state index is 12.0. The number of carbonyl (C=O) groups excluding carboxylic acids is 2. The zero-order chi connectivity index (χ0) is 22.7. The summed E-state index contributed by atoms with van der Waals surface area (Å²) in [7, 11) is 0. The number of amides is 1. The fourth-order valence-corrected chi connectivity index (χ4v) is 3.25. The predicted molar refractivity (Wildman–Crippen MR) is 125 cm³/mol. The van der Waals surface area contributed by atoms with E-state index in [2.05, 4.69) is 19.2 Å². The van der Waals surface area contributed by atoms with Crippen LogP contribution < -0.4 is 10.1 Å². The molecule has 0 heterocycles. The average molecular weight is 456 g/mol. The van der Waals surface area contributed by atoms with Crippen molar-refractivity contribution in [2.45, 2.75) is 90.9 Å². The van der Waals surface area contributed by atoms with Gasteiger partial charge >= 0.3 is 12.2 Å². The van der Waals surface area contributed by atoms with Gasteiger partial charge in [0.05, 0.1) is 18.9 Å². The van der Waals surface area contributed by atoms with Crippen molar-refractivity contribution in [3.05, 3.63) is 23.2 Å². The van der Waals surface area contributed by atoms with Crippen molar-refractivity contribution in [2.75, 3.05) is 18.5 Å². The highest BCUT2D eigenvalue weighted by Gasteiger charge is 2.14. The monoisotopic (exact) mass is 455 g/mol. The Bertz CT molecular complexity index is 588. The molecule has 1 amide bonds. The summed E-state index contributed by atoms with van der Waals surface area (Å²) in [6.07, 6.45) is 11.9. The maximum Gasteiger partial charge on any atom is 0.513 e. The van der Waals surface area contributed by atoms with Crippen LogP contribution >= 0.6 is 11.6 Å². The molecule has 6 nitrogen and oxygen atoms in total. The second-order valence-corrected chi connectivity index (χ2v) is 7.99. The van der Waals surface area contributed by atoms with Crippen LogP contribution in [0.3, 0.4) is 0 Å². The summed E-state index contributed by atoms with van der Waals surface area (Å²) in [4.78, 5) is 23.9. The molecule has 31 heavy (non-hydrogen) atoms. The molecule has 0 saturated heterocycles. The van der Waals surface area contributed by atoms with Gasteiger partial charge in [-0.3, -0.25) is 5.32 Å². The van der Waals surface area contributed by atoms with Crippen molar-refractivity contribution < 1.29 is 23.8 Å². The maximum absolute atomic E-state index is 12.0. The lowest BCUT2D eigenvalue weighted by Gasteiger charge is -2.11. The number of carbonyl (C=O) groups is 2. The van der Waals surface area contributed by atoms with Gasteiger partial charge in [0.15, 0.2) is 5.75 Å². The fourth-order valence-electron chi connectivity index (χ4n) is 3.04. The quantitative estimate of drug-likeness (QED) is 0.155. The Balaban J connectivity index is 2.31. The lowest BCUT2D eigenvalue weighted by atomic mass is 10.1. The molecule has 0 aliphatic carbocycles. The largest absolute Gasteiger partial charge is 0.513 e. The molecule has 0 fully saturated rings. The molecule has 0 unspecified atom stereocenters. The van der Waals surface area contributed by atoms with E-state index in [1.165, 1.54) is 38.5 Å². The number of halogens is 1.